The fourth-order valence-corrected chi connectivity index (χ4v) is 2.42. The van der Waals surface area contributed by atoms with Crippen LogP contribution in [-0.2, 0) is 4.79 Å². The van der Waals surface area contributed by atoms with Gasteiger partial charge in [-0.05, 0) is 19.8 Å². The molecule has 2 atom stereocenters. The Kier molecular flexibility index (Phi) is 3.93. The Morgan fingerprint density at radius 1 is 1.50 bits per heavy atom. The molecule has 3 nitrogen and oxygen atoms in total. The molecule has 2 unspecified atom stereocenters. The zero-order valence-electron chi connectivity index (χ0n) is 9.71. The Bertz CT molecular complexity index is 201. The standard InChI is InChI=1S/C11H22N2O/c1-5-10(6-2)8(3)13-9(4)12-7-11(13)14/h8-10,12H,5-7H2,1-4H3. The van der Waals surface area contributed by atoms with Crippen LogP contribution in [0.4, 0.5) is 0 Å². The van der Waals surface area contributed by atoms with E-state index in [-0.39, 0.29) is 12.1 Å². The van der Waals surface area contributed by atoms with Crippen molar-refractivity contribution >= 4 is 5.91 Å². The van der Waals surface area contributed by atoms with E-state index in [0.29, 0.717) is 18.5 Å². The second kappa shape index (κ2) is 4.78. The van der Waals surface area contributed by atoms with Crippen LogP contribution in [0.5, 0.6) is 0 Å². The molecule has 0 aliphatic carbocycles. The summed E-state index contributed by atoms with van der Waals surface area (Å²) in [5.41, 5.74) is 0. The van der Waals surface area contributed by atoms with Gasteiger partial charge in [0.2, 0.25) is 5.91 Å². The smallest absolute Gasteiger partial charge is 0.238 e. The van der Waals surface area contributed by atoms with Crippen molar-refractivity contribution in [2.75, 3.05) is 6.54 Å². The van der Waals surface area contributed by atoms with Crippen molar-refractivity contribution in [3.8, 4) is 0 Å². The number of carbonyl (C=O) groups excluding carboxylic acids is 1. The molecule has 0 bridgehead atoms. The van der Waals surface area contributed by atoms with E-state index in [1.165, 1.54) is 0 Å². The summed E-state index contributed by atoms with van der Waals surface area (Å²) in [6.45, 7) is 9.13. The lowest BCUT2D eigenvalue weighted by Crippen LogP contribution is -2.45. The Balaban J connectivity index is 2.66. The van der Waals surface area contributed by atoms with Gasteiger partial charge in [0.15, 0.2) is 0 Å². The number of nitrogens with one attached hydrogen (secondary N) is 1. The van der Waals surface area contributed by atoms with Crippen LogP contribution >= 0.6 is 0 Å². The highest BCUT2D eigenvalue weighted by Gasteiger charge is 2.33. The average Bonchev–Trinajstić information content (AvgIpc) is 2.48. The molecule has 1 saturated heterocycles. The summed E-state index contributed by atoms with van der Waals surface area (Å²) in [5, 5.41) is 3.18. The van der Waals surface area contributed by atoms with Crippen molar-refractivity contribution in [1.82, 2.24) is 10.2 Å². The maximum atomic E-state index is 11.6. The third-order valence-electron chi connectivity index (χ3n) is 3.42. The Labute approximate surface area is 86.9 Å². The number of carbonyl (C=O) groups is 1. The molecular formula is C11H22N2O. The third kappa shape index (κ3) is 2.08. The van der Waals surface area contributed by atoms with E-state index in [0.717, 1.165) is 12.8 Å². The summed E-state index contributed by atoms with van der Waals surface area (Å²) in [4.78, 5) is 13.6. The molecule has 1 fully saturated rings. The molecule has 1 amide bonds. The van der Waals surface area contributed by atoms with Gasteiger partial charge in [-0.25, -0.2) is 0 Å². The van der Waals surface area contributed by atoms with Crippen LogP contribution in [0.25, 0.3) is 0 Å². The number of hydrogen-bond acceptors (Lipinski definition) is 2. The van der Waals surface area contributed by atoms with E-state index in [9.17, 15) is 4.79 Å². The van der Waals surface area contributed by atoms with Crippen LogP contribution in [0.2, 0.25) is 0 Å². The van der Waals surface area contributed by atoms with Gasteiger partial charge in [-0.15, -0.1) is 0 Å². The second-order valence-electron chi connectivity index (χ2n) is 4.18. The highest BCUT2D eigenvalue weighted by molar-refractivity contribution is 5.80. The van der Waals surface area contributed by atoms with Gasteiger partial charge >= 0.3 is 0 Å². The molecule has 0 aromatic rings. The monoisotopic (exact) mass is 198 g/mol. The van der Waals surface area contributed by atoms with Gasteiger partial charge in [0.1, 0.15) is 0 Å². The predicted octanol–water partition coefficient (Wildman–Crippen LogP) is 1.59. The van der Waals surface area contributed by atoms with Crippen molar-refractivity contribution in [2.45, 2.75) is 52.7 Å². The summed E-state index contributed by atoms with van der Waals surface area (Å²) >= 11 is 0. The summed E-state index contributed by atoms with van der Waals surface area (Å²) in [7, 11) is 0. The molecular weight excluding hydrogens is 176 g/mol. The molecule has 1 aliphatic heterocycles. The molecule has 1 heterocycles. The first-order valence-electron chi connectivity index (χ1n) is 5.66. The van der Waals surface area contributed by atoms with Crippen LogP contribution in [0.15, 0.2) is 0 Å². The Hall–Kier alpha value is -0.570. The number of rotatable bonds is 4. The maximum Gasteiger partial charge on any atom is 0.238 e. The van der Waals surface area contributed by atoms with Gasteiger partial charge < -0.3 is 4.90 Å². The minimum atomic E-state index is 0.207. The lowest BCUT2D eigenvalue weighted by Gasteiger charge is -2.33. The minimum absolute atomic E-state index is 0.207. The first kappa shape index (κ1) is 11.5. The fraction of sp³-hybridized carbons (Fsp3) is 0.909. The predicted molar refractivity (Wildman–Crippen MR) is 57.8 cm³/mol. The Morgan fingerprint density at radius 3 is 2.43 bits per heavy atom. The van der Waals surface area contributed by atoms with E-state index in [1.807, 2.05) is 4.90 Å². The molecule has 1 aliphatic rings. The highest BCUT2D eigenvalue weighted by atomic mass is 16.2. The second-order valence-corrected chi connectivity index (χ2v) is 4.18. The van der Waals surface area contributed by atoms with Crippen LogP contribution in [0, 0.1) is 5.92 Å². The molecule has 0 aromatic carbocycles. The molecule has 0 spiro atoms. The van der Waals surface area contributed by atoms with Crippen LogP contribution in [0.1, 0.15) is 40.5 Å². The summed E-state index contributed by atoms with van der Waals surface area (Å²) in [6.07, 6.45) is 2.50. The van der Waals surface area contributed by atoms with Crippen molar-refractivity contribution in [1.29, 1.82) is 0 Å². The molecule has 0 saturated carbocycles. The average molecular weight is 198 g/mol. The zero-order chi connectivity index (χ0) is 10.7. The van der Waals surface area contributed by atoms with E-state index in [4.69, 9.17) is 0 Å². The van der Waals surface area contributed by atoms with Crippen molar-refractivity contribution < 1.29 is 4.79 Å². The number of hydrogen-bond donors (Lipinski definition) is 1. The van der Waals surface area contributed by atoms with Crippen LogP contribution in [0.3, 0.4) is 0 Å². The molecule has 3 heteroatoms. The van der Waals surface area contributed by atoms with Gasteiger partial charge in [0.05, 0.1) is 12.7 Å². The zero-order valence-corrected chi connectivity index (χ0v) is 9.71. The molecule has 82 valence electrons. The van der Waals surface area contributed by atoms with Gasteiger partial charge in [-0.2, -0.15) is 0 Å². The third-order valence-corrected chi connectivity index (χ3v) is 3.42. The van der Waals surface area contributed by atoms with Gasteiger partial charge in [-0.3, -0.25) is 10.1 Å². The van der Waals surface area contributed by atoms with Gasteiger partial charge in [0, 0.05) is 6.04 Å². The lowest BCUT2D eigenvalue weighted by atomic mass is 9.94. The summed E-state index contributed by atoms with van der Waals surface area (Å²) in [5.74, 6) is 0.873. The normalized spacial score (nSPS) is 24.8. The fourth-order valence-electron chi connectivity index (χ4n) is 2.42. The maximum absolute atomic E-state index is 11.6. The topological polar surface area (TPSA) is 32.3 Å². The highest BCUT2D eigenvalue weighted by Crippen LogP contribution is 2.21. The first-order chi connectivity index (χ1) is 6.61. The summed E-state index contributed by atoms with van der Waals surface area (Å²) < 4.78 is 0. The molecule has 1 rings (SSSR count). The van der Waals surface area contributed by atoms with Crippen molar-refractivity contribution in [3.05, 3.63) is 0 Å². The SMILES string of the molecule is CCC(CC)C(C)N1C(=O)CNC1C. The van der Waals surface area contributed by atoms with Crippen molar-refractivity contribution in [3.63, 3.8) is 0 Å². The van der Waals surface area contributed by atoms with E-state index < -0.39 is 0 Å². The largest absolute Gasteiger partial charge is 0.323 e. The Morgan fingerprint density at radius 2 is 2.07 bits per heavy atom. The number of nitrogens with zero attached hydrogens (tertiary/aromatic N) is 1. The molecule has 14 heavy (non-hydrogen) atoms. The number of amides is 1. The van der Waals surface area contributed by atoms with E-state index in [2.05, 4.69) is 33.0 Å². The van der Waals surface area contributed by atoms with Crippen LogP contribution < -0.4 is 5.32 Å². The van der Waals surface area contributed by atoms with Gasteiger partial charge in [-0.1, -0.05) is 26.7 Å². The van der Waals surface area contributed by atoms with Crippen LogP contribution in [-0.4, -0.2) is 29.6 Å². The molecule has 0 radical (unpaired) electrons. The molecule has 1 N–H and O–H groups in total. The minimum Gasteiger partial charge on any atom is -0.323 e. The molecule has 0 aromatic heterocycles. The lowest BCUT2D eigenvalue weighted by molar-refractivity contribution is -0.130. The van der Waals surface area contributed by atoms with Gasteiger partial charge in [0.25, 0.3) is 0 Å². The van der Waals surface area contributed by atoms with E-state index in [1.54, 1.807) is 0 Å². The summed E-state index contributed by atoms with van der Waals surface area (Å²) in [6, 6.07) is 0.363. The quantitative estimate of drug-likeness (QED) is 0.744. The van der Waals surface area contributed by atoms with Crippen molar-refractivity contribution in [2.24, 2.45) is 5.92 Å². The van der Waals surface area contributed by atoms with E-state index >= 15 is 0 Å². The first-order valence-corrected chi connectivity index (χ1v) is 5.66.